The number of rotatable bonds is 5. The van der Waals surface area contributed by atoms with Crippen LogP contribution < -0.4 is 10.6 Å². The lowest BCUT2D eigenvalue weighted by molar-refractivity contribution is 0.00449. The summed E-state index contributed by atoms with van der Waals surface area (Å²) in [6, 6.07) is 7.71. The second-order valence-corrected chi connectivity index (χ2v) is 8.73. The zero-order valence-corrected chi connectivity index (χ0v) is 19.2. The van der Waals surface area contributed by atoms with Gasteiger partial charge in [-0.15, -0.1) is 0 Å². The molecule has 6 rings (SSSR count). The predicted molar refractivity (Wildman–Crippen MR) is 132 cm³/mol. The first-order valence-electron chi connectivity index (χ1n) is 11.6. The molecule has 11 heteroatoms. The van der Waals surface area contributed by atoms with Gasteiger partial charge in [0.05, 0.1) is 48.9 Å². The van der Waals surface area contributed by atoms with Gasteiger partial charge in [-0.25, -0.2) is 18.8 Å². The Balaban J connectivity index is 1.70. The van der Waals surface area contributed by atoms with Crippen molar-refractivity contribution in [3.63, 3.8) is 0 Å². The van der Waals surface area contributed by atoms with Crippen LogP contribution in [0.25, 0.3) is 27.6 Å². The fourth-order valence-corrected chi connectivity index (χ4v) is 4.79. The number of nitrogens with two attached hydrogens (primary N) is 1. The number of nitrogens with zero attached hydrogens (tertiary/aromatic N) is 5. The summed E-state index contributed by atoms with van der Waals surface area (Å²) in [5, 5.41) is 7.48. The number of amidine groups is 1. The minimum Gasteiger partial charge on any atom is -0.383 e. The maximum Gasteiger partial charge on any atom is 0.149 e. The van der Waals surface area contributed by atoms with E-state index in [4.69, 9.17) is 25.6 Å². The number of morpholine rings is 1. The average molecular weight is 492 g/mol. The number of nitrogens with one attached hydrogen (secondary N) is 1. The van der Waals surface area contributed by atoms with Gasteiger partial charge in [0.15, 0.2) is 0 Å². The Morgan fingerprint density at radius 3 is 2.58 bits per heavy atom. The molecule has 36 heavy (non-hydrogen) atoms. The molecule has 0 aliphatic carbocycles. The van der Waals surface area contributed by atoms with Gasteiger partial charge in [0, 0.05) is 30.5 Å². The normalized spacial score (nSPS) is 17.1. The van der Waals surface area contributed by atoms with E-state index in [0.29, 0.717) is 67.6 Å². The summed E-state index contributed by atoms with van der Waals surface area (Å²) < 4.78 is 42.6. The minimum atomic E-state index is -0.608. The molecule has 2 aliphatic rings. The van der Waals surface area contributed by atoms with Gasteiger partial charge in [-0.3, -0.25) is 15.0 Å². The number of hydrogen-bond acceptors (Lipinski definition) is 6. The summed E-state index contributed by atoms with van der Waals surface area (Å²) in [4.78, 5) is 15.2. The first-order chi connectivity index (χ1) is 17.6. The lowest BCUT2D eigenvalue weighted by Crippen LogP contribution is -2.36. The number of fused-ring (bicyclic) bond motifs is 2. The zero-order valence-electron chi connectivity index (χ0n) is 19.2. The quantitative estimate of drug-likeness (QED) is 0.328. The smallest absolute Gasteiger partial charge is 0.149 e. The molecule has 0 amide bonds. The highest BCUT2D eigenvalue weighted by atomic mass is 19.1. The number of aliphatic imine (C=N–C) groups is 1. The van der Waals surface area contributed by atoms with Gasteiger partial charge in [-0.2, -0.15) is 0 Å². The molecule has 4 aromatic rings. The summed E-state index contributed by atoms with van der Waals surface area (Å²) in [5.41, 5.74) is 9.30. The Morgan fingerprint density at radius 2 is 1.86 bits per heavy atom. The van der Waals surface area contributed by atoms with E-state index in [2.05, 4.69) is 14.9 Å². The maximum atomic E-state index is 15.2. The van der Waals surface area contributed by atoms with Gasteiger partial charge in [0.2, 0.25) is 0 Å². The minimum absolute atomic E-state index is 0.0437. The SMILES string of the molecule is N=CN=C(N)c1cc(N2CCOCC2)cc2c1nc(C1COC1)n2-c1ccnc2c(F)ccc(F)c12. The third kappa shape index (κ3) is 3.59. The molecule has 2 saturated heterocycles. The molecule has 0 radical (unpaired) electrons. The van der Waals surface area contributed by atoms with Crippen LogP contribution in [-0.2, 0) is 9.47 Å². The topological polar surface area (TPSA) is 115 Å². The van der Waals surface area contributed by atoms with Crippen LogP contribution in [0.3, 0.4) is 0 Å². The number of anilines is 1. The number of hydrogen-bond donors (Lipinski definition) is 2. The van der Waals surface area contributed by atoms with Gasteiger partial charge in [0.25, 0.3) is 0 Å². The molecule has 0 saturated carbocycles. The van der Waals surface area contributed by atoms with Gasteiger partial charge in [-0.1, -0.05) is 0 Å². The number of pyridine rings is 1. The summed E-state index contributed by atoms with van der Waals surface area (Å²) in [7, 11) is 0. The molecule has 4 heterocycles. The number of aromatic nitrogens is 3. The Bertz CT molecular complexity index is 1520. The summed E-state index contributed by atoms with van der Waals surface area (Å²) >= 11 is 0. The third-order valence-electron chi connectivity index (χ3n) is 6.64. The Labute approximate surface area is 204 Å². The van der Waals surface area contributed by atoms with Crippen LogP contribution >= 0.6 is 0 Å². The number of ether oxygens (including phenoxy) is 2. The van der Waals surface area contributed by atoms with Crippen LogP contribution in [0.4, 0.5) is 14.5 Å². The molecule has 0 bridgehead atoms. The Hall–Kier alpha value is -3.96. The van der Waals surface area contributed by atoms with Gasteiger partial charge < -0.3 is 20.1 Å². The van der Waals surface area contributed by atoms with Crippen molar-refractivity contribution in [3.05, 3.63) is 59.6 Å². The van der Waals surface area contributed by atoms with E-state index in [1.807, 2.05) is 16.7 Å². The predicted octanol–water partition coefficient (Wildman–Crippen LogP) is 3.11. The van der Waals surface area contributed by atoms with Crippen molar-refractivity contribution in [1.29, 1.82) is 5.41 Å². The highest BCUT2D eigenvalue weighted by Gasteiger charge is 2.30. The summed E-state index contributed by atoms with van der Waals surface area (Å²) in [6.07, 6.45) is 2.35. The first-order valence-corrected chi connectivity index (χ1v) is 11.6. The highest BCUT2D eigenvalue weighted by Crippen LogP contribution is 2.37. The van der Waals surface area contributed by atoms with Crippen LogP contribution in [0.2, 0.25) is 0 Å². The van der Waals surface area contributed by atoms with Crippen LogP contribution in [-0.4, -0.2) is 66.2 Å². The second kappa shape index (κ2) is 8.92. The molecule has 0 spiro atoms. The van der Waals surface area contributed by atoms with Crippen molar-refractivity contribution in [3.8, 4) is 5.69 Å². The Morgan fingerprint density at radius 1 is 1.08 bits per heavy atom. The van der Waals surface area contributed by atoms with E-state index in [1.54, 1.807) is 6.07 Å². The molecule has 2 aliphatic heterocycles. The molecular formula is C25H23F2N7O2. The van der Waals surface area contributed by atoms with Crippen LogP contribution in [0.15, 0.2) is 41.5 Å². The molecule has 2 fully saturated rings. The van der Waals surface area contributed by atoms with Gasteiger partial charge in [0.1, 0.15) is 40.7 Å². The lowest BCUT2D eigenvalue weighted by Gasteiger charge is -2.29. The molecule has 0 atom stereocenters. The van der Waals surface area contributed by atoms with Crippen molar-refractivity contribution < 1.29 is 18.3 Å². The van der Waals surface area contributed by atoms with Crippen molar-refractivity contribution in [2.24, 2.45) is 10.7 Å². The van der Waals surface area contributed by atoms with Crippen molar-refractivity contribution in [2.45, 2.75) is 5.92 Å². The van der Waals surface area contributed by atoms with Crippen LogP contribution in [0.5, 0.6) is 0 Å². The van der Waals surface area contributed by atoms with Crippen molar-refractivity contribution in [1.82, 2.24) is 14.5 Å². The molecule has 3 N–H and O–H groups in total. The summed E-state index contributed by atoms with van der Waals surface area (Å²) in [5.74, 6) is -0.443. The fourth-order valence-electron chi connectivity index (χ4n) is 4.79. The number of halogens is 2. The number of benzene rings is 2. The maximum absolute atomic E-state index is 15.2. The second-order valence-electron chi connectivity index (χ2n) is 8.73. The van der Waals surface area contributed by atoms with Crippen LogP contribution in [0, 0.1) is 17.0 Å². The Kier molecular flexibility index (Phi) is 5.57. The van der Waals surface area contributed by atoms with Gasteiger partial charge >= 0.3 is 0 Å². The molecular weight excluding hydrogens is 468 g/mol. The monoisotopic (exact) mass is 491 g/mol. The summed E-state index contributed by atoms with van der Waals surface area (Å²) in [6.45, 7) is 3.45. The highest BCUT2D eigenvalue weighted by molar-refractivity contribution is 6.11. The van der Waals surface area contributed by atoms with Crippen molar-refractivity contribution in [2.75, 3.05) is 44.4 Å². The van der Waals surface area contributed by atoms with E-state index < -0.39 is 11.6 Å². The molecule has 184 valence electrons. The van der Waals surface area contributed by atoms with Gasteiger partial charge in [-0.05, 0) is 30.3 Å². The zero-order chi connectivity index (χ0) is 24.8. The fraction of sp³-hybridized carbons (Fsp3) is 0.280. The molecule has 9 nitrogen and oxygen atoms in total. The molecule has 0 unspecified atom stereocenters. The first kappa shape index (κ1) is 22.5. The lowest BCUT2D eigenvalue weighted by atomic mass is 10.1. The van der Waals surface area contributed by atoms with E-state index in [-0.39, 0.29) is 22.7 Å². The standard InChI is InChI=1S/C25H23F2N7O2/c26-17-1-2-18(27)23-21(17)19(3-4-30-23)34-20-10-15(33-5-7-35-8-6-33)9-16(24(29)31-13-28)22(20)32-25(34)14-11-36-12-14/h1-4,9-10,13-14H,5-8,11-12H2,(H3,28,29,31). The van der Waals surface area contributed by atoms with E-state index in [1.165, 1.54) is 6.20 Å². The number of imidazole rings is 1. The van der Waals surface area contributed by atoms with E-state index >= 15 is 4.39 Å². The van der Waals surface area contributed by atoms with E-state index in [0.717, 1.165) is 24.2 Å². The largest absolute Gasteiger partial charge is 0.383 e. The third-order valence-corrected chi connectivity index (χ3v) is 6.64. The molecule has 2 aromatic heterocycles. The average Bonchev–Trinajstić information content (AvgIpc) is 3.23. The molecule has 2 aromatic carbocycles. The van der Waals surface area contributed by atoms with Crippen LogP contribution in [0.1, 0.15) is 17.3 Å². The van der Waals surface area contributed by atoms with E-state index in [9.17, 15) is 4.39 Å². The van der Waals surface area contributed by atoms with Crippen molar-refractivity contribution >= 4 is 39.8 Å².